The van der Waals surface area contributed by atoms with Crippen LogP contribution in [0.3, 0.4) is 0 Å². The molecule has 2 aromatic carbocycles. The number of hydrogen-bond donors (Lipinski definition) is 0. The zero-order valence-corrected chi connectivity index (χ0v) is 24.6. The monoisotopic (exact) mass is 517 g/mol. The summed E-state index contributed by atoms with van der Waals surface area (Å²) in [5, 5.41) is 0.811. The van der Waals surface area contributed by atoms with E-state index >= 15 is 0 Å². The first-order chi connectivity index (χ1) is 17.4. The molecule has 0 aromatic heterocycles. The Morgan fingerprint density at radius 2 is 1.65 bits per heavy atom. The van der Waals surface area contributed by atoms with Crippen molar-refractivity contribution in [1.82, 2.24) is 4.90 Å². The molecule has 1 saturated carbocycles. The van der Waals surface area contributed by atoms with Crippen molar-refractivity contribution in [3.63, 3.8) is 0 Å². The fourth-order valence-electron chi connectivity index (χ4n) is 6.10. The molecule has 0 spiro atoms. The van der Waals surface area contributed by atoms with Gasteiger partial charge >= 0.3 is 6.09 Å². The zero-order valence-electron chi connectivity index (χ0n) is 23.6. The van der Waals surface area contributed by atoms with Gasteiger partial charge < -0.3 is 4.74 Å². The highest BCUT2D eigenvalue weighted by Crippen LogP contribution is 2.44. The molecule has 37 heavy (non-hydrogen) atoms. The van der Waals surface area contributed by atoms with Crippen molar-refractivity contribution in [2.24, 2.45) is 11.8 Å². The lowest BCUT2D eigenvalue weighted by molar-refractivity contribution is -0.116. The highest BCUT2D eigenvalue weighted by Gasteiger charge is 2.44. The van der Waals surface area contributed by atoms with Gasteiger partial charge in [-0.2, -0.15) is 0 Å². The second kappa shape index (κ2) is 10.6. The van der Waals surface area contributed by atoms with E-state index in [0.29, 0.717) is 12.3 Å². The first-order valence-corrected chi connectivity index (χ1v) is 17.2. The van der Waals surface area contributed by atoms with E-state index in [1.807, 2.05) is 43.5 Å². The molecule has 1 fully saturated rings. The minimum Gasteiger partial charge on any atom is -0.446 e. The summed E-state index contributed by atoms with van der Waals surface area (Å²) in [6, 6.07) is 18.4. The van der Waals surface area contributed by atoms with E-state index < -0.39 is 8.07 Å². The van der Waals surface area contributed by atoms with Crippen LogP contribution in [0, 0.1) is 18.8 Å². The molecule has 2 aromatic rings. The normalized spacial score (nSPS) is 25.0. The molecule has 0 N–H and O–H groups in total. The lowest BCUT2D eigenvalue weighted by atomic mass is 9.64. The number of benzene rings is 2. The summed E-state index contributed by atoms with van der Waals surface area (Å²) in [4.78, 5) is 28.9. The molecule has 5 heteroatoms. The average molecular weight is 518 g/mol. The number of carbonyl (C=O) groups excluding carboxylic acids is 2. The lowest BCUT2D eigenvalue weighted by Crippen LogP contribution is -2.47. The number of aryl methyl sites for hydroxylation is 1. The molecule has 1 amide bonds. The predicted octanol–water partition coefficient (Wildman–Crippen LogP) is 7.99. The Kier molecular flexibility index (Phi) is 7.84. The molecule has 4 rings (SSSR count). The van der Waals surface area contributed by atoms with Gasteiger partial charge in [-0.3, -0.25) is 9.69 Å². The van der Waals surface area contributed by atoms with Crippen molar-refractivity contribution in [1.29, 1.82) is 0 Å². The molecular weight excluding hydrogens is 474 g/mol. The third kappa shape index (κ3) is 5.92. The Hall–Kier alpha value is -2.66. The Morgan fingerprint density at radius 3 is 2.27 bits per heavy atom. The SMILES string of the molecule is Cc1ccc([C@H]2CC(=O)C([Si](C)(C)C)=CN2C(=O)O[C@@H]2C[C@H](C)CC[C@H]2C(C)(C)c2ccccc2)cc1. The largest absolute Gasteiger partial charge is 0.446 e. The van der Waals surface area contributed by atoms with Crippen molar-refractivity contribution in [3.8, 4) is 0 Å². The van der Waals surface area contributed by atoms with E-state index in [0.717, 1.165) is 35.6 Å². The molecule has 2 aliphatic rings. The zero-order chi connectivity index (χ0) is 27.0. The number of rotatable bonds is 5. The maximum Gasteiger partial charge on any atom is 0.414 e. The molecule has 0 saturated heterocycles. The van der Waals surface area contributed by atoms with Crippen molar-refractivity contribution in [2.45, 2.75) is 90.6 Å². The van der Waals surface area contributed by atoms with Gasteiger partial charge in [-0.25, -0.2) is 4.79 Å². The number of allylic oxidation sites excluding steroid dienone is 1. The quantitative estimate of drug-likeness (QED) is 0.378. The fourth-order valence-corrected chi connectivity index (χ4v) is 7.57. The summed E-state index contributed by atoms with van der Waals surface area (Å²) in [7, 11) is -1.94. The second-order valence-electron chi connectivity index (χ2n) is 12.8. The van der Waals surface area contributed by atoms with E-state index in [-0.39, 0.29) is 35.4 Å². The molecule has 198 valence electrons. The molecule has 0 bridgehead atoms. The topological polar surface area (TPSA) is 46.6 Å². The second-order valence-corrected chi connectivity index (χ2v) is 17.8. The van der Waals surface area contributed by atoms with E-state index in [9.17, 15) is 9.59 Å². The smallest absolute Gasteiger partial charge is 0.414 e. The van der Waals surface area contributed by atoms with E-state index in [4.69, 9.17) is 4.74 Å². The van der Waals surface area contributed by atoms with Crippen LogP contribution in [0.1, 0.15) is 69.2 Å². The number of ketones is 1. The third-order valence-corrected chi connectivity index (χ3v) is 10.5. The molecule has 1 aliphatic carbocycles. The van der Waals surface area contributed by atoms with Crippen LogP contribution < -0.4 is 0 Å². The Labute approximate surface area is 224 Å². The molecule has 0 radical (unpaired) electrons. The summed E-state index contributed by atoms with van der Waals surface area (Å²) < 4.78 is 6.44. The summed E-state index contributed by atoms with van der Waals surface area (Å²) in [6.07, 6.45) is 4.64. The summed E-state index contributed by atoms with van der Waals surface area (Å²) in [5.41, 5.74) is 3.28. The molecule has 4 atom stereocenters. The minimum absolute atomic E-state index is 0.125. The van der Waals surface area contributed by atoms with Gasteiger partial charge in [0.05, 0.1) is 14.1 Å². The van der Waals surface area contributed by atoms with Gasteiger partial charge in [-0.15, -0.1) is 0 Å². The molecule has 0 unspecified atom stereocenters. The fraction of sp³-hybridized carbons (Fsp3) is 0.500. The van der Waals surface area contributed by atoms with E-state index in [1.54, 1.807) is 4.90 Å². The van der Waals surface area contributed by atoms with Crippen molar-refractivity contribution >= 4 is 20.0 Å². The van der Waals surface area contributed by atoms with Gasteiger partial charge in [-0.1, -0.05) is 107 Å². The van der Waals surface area contributed by atoms with E-state index in [2.05, 4.69) is 64.7 Å². The van der Waals surface area contributed by atoms with Gasteiger partial charge in [0, 0.05) is 18.5 Å². The summed E-state index contributed by atoms with van der Waals surface area (Å²) in [6.45, 7) is 15.3. The van der Waals surface area contributed by atoms with Crippen LogP contribution in [0.5, 0.6) is 0 Å². The predicted molar refractivity (Wildman–Crippen MR) is 153 cm³/mol. The first-order valence-electron chi connectivity index (χ1n) is 13.7. The van der Waals surface area contributed by atoms with Crippen LogP contribution >= 0.6 is 0 Å². The third-order valence-electron chi connectivity index (χ3n) is 8.51. The standard InChI is InChI=1S/C32H43NO3Si/c1-22-13-16-24(17-14-22)27-20-28(34)30(37(5,6)7)21-33(27)31(35)36-29-19-23(2)15-18-26(29)32(3,4)25-11-9-8-10-12-25/h8-14,16-17,21,23,26-27,29H,15,18-20H2,1-7H3/t23-,26-,27-,29-/m1/s1. The van der Waals surface area contributed by atoms with Gasteiger partial charge in [-0.05, 0) is 47.4 Å². The highest BCUT2D eigenvalue weighted by molar-refractivity contribution is 6.87. The van der Waals surface area contributed by atoms with Gasteiger partial charge in [0.2, 0.25) is 0 Å². The number of amides is 1. The summed E-state index contributed by atoms with van der Waals surface area (Å²) >= 11 is 0. The van der Waals surface area contributed by atoms with Crippen LogP contribution in [0.15, 0.2) is 66.0 Å². The van der Waals surface area contributed by atoms with Crippen LogP contribution in [0.2, 0.25) is 19.6 Å². The van der Waals surface area contributed by atoms with Crippen LogP contribution in [0.25, 0.3) is 0 Å². The Morgan fingerprint density at radius 1 is 1.00 bits per heavy atom. The van der Waals surface area contributed by atoms with Gasteiger partial charge in [0.1, 0.15) is 6.10 Å². The number of hydrogen-bond acceptors (Lipinski definition) is 3. The molecule has 1 aliphatic heterocycles. The lowest BCUT2D eigenvalue weighted by Gasteiger charge is -2.45. The number of Topliss-reactive ketones (excluding diaryl/α,β-unsaturated/α-hetero) is 1. The Balaban J connectivity index is 1.67. The Bertz CT molecular complexity index is 1150. The van der Waals surface area contributed by atoms with Crippen molar-refractivity contribution in [2.75, 3.05) is 0 Å². The molecule has 4 nitrogen and oxygen atoms in total. The highest BCUT2D eigenvalue weighted by atomic mass is 28.3. The number of ether oxygens (including phenoxy) is 1. The van der Waals surface area contributed by atoms with Crippen LogP contribution in [-0.4, -0.2) is 31.0 Å². The van der Waals surface area contributed by atoms with E-state index in [1.165, 1.54) is 5.56 Å². The molecule has 1 heterocycles. The van der Waals surface area contributed by atoms with Gasteiger partial charge in [0.25, 0.3) is 0 Å². The first kappa shape index (κ1) is 27.4. The van der Waals surface area contributed by atoms with Crippen molar-refractivity contribution < 1.29 is 14.3 Å². The average Bonchev–Trinajstić information content (AvgIpc) is 2.84. The number of carbonyl (C=O) groups is 2. The number of nitrogens with zero attached hydrogens (tertiary/aromatic N) is 1. The van der Waals surface area contributed by atoms with Crippen LogP contribution in [-0.2, 0) is 14.9 Å². The minimum atomic E-state index is -1.94. The molecular formula is C32H43NO3Si. The maximum absolute atomic E-state index is 14.0. The van der Waals surface area contributed by atoms with Crippen LogP contribution in [0.4, 0.5) is 4.79 Å². The summed E-state index contributed by atoms with van der Waals surface area (Å²) in [5.74, 6) is 0.882. The van der Waals surface area contributed by atoms with Gasteiger partial charge in [0.15, 0.2) is 5.78 Å². The maximum atomic E-state index is 14.0. The van der Waals surface area contributed by atoms with Crippen molar-refractivity contribution in [3.05, 3.63) is 82.7 Å².